The average Bonchev–Trinajstić information content (AvgIpc) is 1.54. The van der Waals surface area contributed by atoms with Crippen LogP contribution in [0.25, 0.3) is 89.7 Å². The smallest absolute Gasteiger partial charge is 0.198 e. The number of rotatable bonds is 16. The largest absolute Gasteiger partial charge is 0.351 e. The molecule has 16 nitrogen and oxygen atoms in total. The number of nitrogens with zero attached hydrogens (tertiary/aromatic N) is 6. The van der Waals surface area contributed by atoms with Gasteiger partial charge in [-0.3, -0.25) is 0 Å². The molecule has 554 valence electrons. The highest BCUT2D eigenvalue weighted by molar-refractivity contribution is 6.26. The zero-order valence-electron chi connectivity index (χ0n) is 56.2. The number of aromatic amines is 2. The SMILES string of the molecule is Fc1ccccc1Nc1c(Nc2ccccc2F)c(Nc2ccccc2F)c2c(c1Nc1ccccc1F)-c1nc-2nc2[nH]c(nc3nc(nc4[nH]c(n1)c1c(F)c(F)c(F)c(F)c41)-c1c(F)c(F)c(F)c(F)c1-3)c1c(Nc3ccccc3F)c(Nc3ccccc3F)c(Nc3ccccc3F)c(Nc3ccccc3F)c21. The van der Waals surface area contributed by atoms with Gasteiger partial charge in [-0.25, -0.2) is 100 Å². The van der Waals surface area contributed by atoms with Crippen molar-refractivity contribution in [3.8, 4) is 45.6 Å². The van der Waals surface area contributed by atoms with Crippen molar-refractivity contribution in [2.75, 3.05) is 42.5 Å². The Bertz CT molecular complexity index is 6680. The van der Waals surface area contributed by atoms with E-state index >= 15 is 70.2 Å². The number of benzene rings is 12. The number of fused-ring (bicyclic) bond motifs is 20. The van der Waals surface area contributed by atoms with Crippen molar-refractivity contribution in [1.82, 2.24) is 39.9 Å². The Morgan fingerprint density at radius 1 is 0.179 bits per heavy atom. The Labute approximate surface area is 618 Å². The van der Waals surface area contributed by atoms with Gasteiger partial charge in [0.2, 0.25) is 0 Å². The van der Waals surface area contributed by atoms with Gasteiger partial charge in [-0.2, -0.15) is 0 Å². The summed E-state index contributed by atoms with van der Waals surface area (Å²) < 4.78 is 268. The van der Waals surface area contributed by atoms with Gasteiger partial charge >= 0.3 is 0 Å². The molecule has 112 heavy (non-hydrogen) atoms. The fourth-order valence-electron chi connectivity index (χ4n) is 13.1. The Morgan fingerprint density at radius 3 is 0.607 bits per heavy atom. The van der Waals surface area contributed by atoms with E-state index in [1.807, 2.05) is 0 Å². The molecule has 0 aliphatic carbocycles. The summed E-state index contributed by atoms with van der Waals surface area (Å²) in [5.74, 6) is -31.0. The lowest BCUT2D eigenvalue weighted by Gasteiger charge is -2.26. The van der Waals surface area contributed by atoms with Crippen LogP contribution in [0.2, 0.25) is 0 Å². The van der Waals surface area contributed by atoms with Crippen LogP contribution < -0.4 is 42.5 Å². The first kappa shape index (κ1) is 70.3. The Balaban J connectivity index is 1.17. The maximum atomic E-state index is 17.3. The lowest BCUT2D eigenvalue weighted by molar-refractivity contribution is 0.412. The van der Waals surface area contributed by atoms with E-state index in [0.717, 1.165) is 48.5 Å². The summed E-state index contributed by atoms with van der Waals surface area (Å²) in [6.07, 6.45) is 0. The Kier molecular flexibility index (Phi) is 17.4. The second kappa shape index (κ2) is 27.8. The van der Waals surface area contributed by atoms with Crippen molar-refractivity contribution >= 4 is 135 Å². The van der Waals surface area contributed by atoms with Crippen LogP contribution in [0.4, 0.5) is 161 Å². The maximum Gasteiger partial charge on any atom is 0.198 e. The predicted molar refractivity (Wildman–Crippen MR) is 393 cm³/mol. The minimum Gasteiger partial charge on any atom is -0.351 e. The van der Waals surface area contributed by atoms with Gasteiger partial charge in [-0.15, -0.1) is 0 Å². The van der Waals surface area contributed by atoms with Crippen LogP contribution in [-0.2, 0) is 0 Å². The van der Waals surface area contributed by atoms with Gasteiger partial charge < -0.3 is 52.5 Å². The molecule has 12 aromatic carbocycles. The summed E-state index contributed by atoms with van der Waals surface area (Å²) >= 11 is 0. The summed E-state index contributed by atoms with van der Waals surface area (Å²) in [6, 6.07) is 39.6. The van der Waals surface area contributed by atoms with E-state index in [-0.39, 0.29) is 22.7 Å². The molecule has 0 saturated carbocycles. The van der Waals surface area contributed by atoms with Crippen molar-refractivity contribution in [1.29, 1.82) is 0 Å². The van der Waals surface area contributed by atoms with E-state index < -0.39 is 251 Å². The van der Waals surface area contributed by atoms with Crippen LogP contribution in [0.5, 0.6) is 0 Å². The number of halogens is 16. The molecule has 15 aromatic rings. The van der Waals surface area contributed by atoms with Crippen LogP contribution in [0.3, 0.4) is 0 Å². The molecule has 0 radical (unpaired) electrons. The quantitative estimate of drug-likeness (QED) is 0.0248. The molecular formula is C80H42F16N16. The van der Waals surface area contributed by atoms with E-state index in [0.29, 0.717) is 0 Å². The van der Waals surface area contributed by atoms with Crippen molar-refractivity contribution in [2.24, 2.45) is 0 Å². The monoisotopic (exact) mass is 1530 g/mol. The molecule has 3 aromatic heterocycles. The van der Waals surface area contributed by atoms with Crippen molar-refractivity contribution < 1.29 is 70.2 Å². The van der Waals surface area contributed by atoms with E-state index in [1.165, 1.54) is 146 Å². The van der Waals surface area contributed by atoms with E-state index in [9.17, 15) is 0 Å². The Hall–Kier alpha value is -14.7. The molecule has 17 rings (SSSR count). The number of anilines is 16. The molecule has 10 N–H and O–H groups in total. The molecule has 0 atom stereocenters. The second-order valence-corrected chi connectivity index (χ2v) is 25.0. The molecule has 5 heterocycles. The highest BCUT2D eigenvalue weighted by Gasteiger charge is 2.39. The summed E-state index contributed by atoms with van der Waals surface area (Å²) in [5, 5.41) is 20.2. The van der Waals surface area contributed by atoms with Gasteiger partial charge in [0, 0.05) is 0 Å². The second-order valence-electron chi connectivity index (χ2n) is 25.0. The van der Waals surface area contributed by atoms with Crippen LogP contribution in [0.15, 0.2) is 194 Å². The minimum absolute atomic E-state index is 0.381. The molecule has 0 amide bonds. The van der Waals surface area contributed by atoms with Gasteiger partial charge in [-0.05, 0) is 97.1 Å². The van der Waals surface area contributed by atoms with Gasteiger partial charge in [0.25, 0.3) is 0 Å². The number of para-hydroxylation sites is 8. The predicted octanol–water partition coefficient (Wildman–Crippen LogP) is 23.0. The van der Waals surface area contributed by atoms with Crippen LogP contribution in [0, 0.1) is 93.1 Å². The molecular weight excluding hydrogens is 1490 g/mol. The van der Waals surface area contributed by atoms with Gasteiger partial charge in [-0.1, -0.05) is 97.1 Å². The zero-order chi connectivity index (χ0) is 77.7. The van der Waals surface area contributed by atoms with E-state index in [4.69, 9.17) is 9.97 Å². The van der Waals surface area contributed by atoms with Gasteiger partial charge in [0.1, 0.15) is 69.1 Å². The minimum atomic E-state index is -2.50. The lowest BCUT2D eigenvalue weighted by Crippen LogP contribution is -2.10. The highest BCUT2D eigenvalue weighted by atomic mass is 19.2. The number of hydrogen-bond acceptors (Lipinski definition) is 14. The van der Waals surface area contributed by atoms with Crippen LogP contribution >= 0.6 is 0 Å². The summed E-state index contributed by atoms with van der Waals surface area (Å²) in [4.78, 5) is 33.2. The summed E-state index contributed by atoms with van der Waals surface area (Å²) in [7, 11) is 0. The standard InChI is InChI=1S/C80H42F16N16/c81-33-17-1-9-25-41(33)97-65-53-55(67(99-43-27-11-3-19-35(43)83)71(103-47-31-15-7-23-39(47)87)69(65)101-45-29-13-5-21-37(45)85)79-110-77(53)108-75-51-49(57(89)61(93)63(95)59(51)91)73(106-75)105-74-50-52(60(92)64(96)62(94)58(50)90)76(107-74)109-78-54-56(80(111-78)112-79)68(100-44-28-12-4-20-36(44)84)72(104-48-32-16-8-24-40(48)88)70(102-46-30-14-6-22-38(46)86)66(54)98-42-26-10-2-18-34(42)82/h1-32,97-104H,(H2,105,106,107,108,109,110,111,112). The number of hydrogen-bond donors (Lipinski definition) is 10. The number of aromatic nitrogens is 8. The first-order valence-corrected chi connectivity index (χ1v) is 33.3. The third-order valence-electron chi connectivity index (χ3n) is 18.2. The maximum absolute atomic E-state index is 17.3. The molecule has 0 fully saturated rings. The molecule has 2 aliphatic rings. The fraction of sp³-hybridized carbons (Fsp3) is 0. The van der Waals surface area contributed by atoms with Crippen molar-refractivity contribution in [2.45, 2.75) is 0 Å². The third kappa shape index (κ3) is 12.0. The fourth-order valence-corrected chi connectivity index (χ4v) is 13.1. The highest BCUT2D eigenvalue weighted by Crippen LogP contribution is 2.58. The van der Waals surface area contributed by atoms with Crippen LogP contribution in [-0.4, -0.2) is 39.9 Å². The van der Waals surface area contributed by atoms with E-state index in [2.05, 4.69) is 72.4 Å². The molecule has 0 spiro atoms. The number of H-pyrrole nitrogens is 2. The zero-order valence-corrected chi connectivity index (χ0v) is 56.2. The number of nitrogens with one attached hydrogen (secondary N) is 10. The van der Waals surface area contributed by atoms with E-state index in [1.54, 1.807) is 0 Å². The molecule has 32 heteroatoms. The third-order valence-corrected chi connectivity index (χ3v) is 18.2. The first-order chi connectivity index (χ1) is 54.2. The van der Waals surface area contributed by atoms with Gasteiger partial charge in [0.05, 0.1) is 135 Å². The normalized spacial score (nSPS) is 11.6. The average molecular weight is 1530 g/mol. The summed E-state index contributed by atoms with van der Waals surface area (Å²) in [6.45, 7) is 0. The molecule has 0 unspecified atom stereocenters. The topological polar surface area (TPSA) is 205 Å². The van der Waals surface area contributed by atoms with Crippen LogP contribution in [0.1, 0.15) is 0 Å². The first-order valence-electron chi connectivity index (χ1n) is 33.3. The molecule has 2 aliphatic heterocycles. The molecule has 8 bridgehead atoms. The summed E-state index contributed by atoms with van der Waals surface area (Å²) in [5.41, 5.74) is -14.7. The van der Waals surface area contributed by atoms with Crippen molar-refractivity contribution in [3.05, 3.63) is 287 Å². The lowest BCUT2D eigenvalue weighted by atomic mass is 9.98. The Morgan fingerprint density at radius 2 is 0.366 bits per heavy atom. The molecule has 0 saturated heterocycles. The van der Waals surface area contributed by atoms with Gasteiger partial charge in [0.15, 0.2) is 69.8 Å². The van der Waals surface area contributed by atoms with Crippen molar-refractivity contribution in [3.63, 3.8) is 0 Å².